The van der Waals surface area contributed by atoms with Crippen molar-refractivity contribution in [2.45, 2.75) is 6.42 Å². The minimum Gasteiger partial charge on any atom is -0.324 e. The Morgan fingerprint density at radius 1 is 1.09 bits per heavy atom. The van der Waals surface area contributed by atoms with Crippen LogP contribution in [-0.4, -0.2) is 20.6 Å². The SMILES string of the molecule is CS(=O)(=O)Nc1ccc(F)cc1NC(=O)Cc1ccccc1F. The highest BCUT2D eigenvalue weighted by atomic mass is 32.2. The Morgan fingerprint density at radius 2 is 1.78 bits per heavy atom. The highest BCUT2D eigenvalue weighted by Crippen LogP contribution is 2.24. The van der Waals surface area contributed by atoms with Gasteiger partial charge in [-0.05, 0) is 29.8 Å². The number of anilines is 2. The second-order valence-electron chi connectivity index (χ2n) is 4.88. The fraction of sp³-hybridized carbons (Fsp3) is 0.133. The van der Waals surface area contributed by atoms with Gasteiger partial charge in [-0.1, -0.05) is 18.2 Å². The van der Waals surface area contributed by atoms with E-state index in [0.717, 1.165) is 18.4 Å². The van der Waals surface area contributed by atoms with Crippen molar-refractivity contribution >= 4 is 27.3 Å². The number of rotatable bonds is 5. The highest BCUT2D eigenvalue weighted by Gasteiger charge is 2.13. The number of halogens is 2. The largest absolute Gasteiger partial charge is 0.324 e. The van der Waals surface area contributed by atoms with E-state index in [-0.39, 0.29) is 23.4 Å². The monoisotopic (exact) mass is 340 g/mol. The molecule has 5 nitrogen and oxygen atoms in total. The van der Waals surface area contributed by atoms with E-state index in [1.807, 2.05) is 0 Å². The molecule has 0 aliphatic heterocycles. The molecular weight excluding hydrogens is 326 g/mol. The van der Waals surface area contributed by atoms with Gasteiger partial charge in [-0.2, -0.15) is 0 Å². The van der Waals surface area contributed by atoms with Crippen LogP contribution < -0.4 is 10.0 Å². The molecule has 0 aliphatic rings. The number of hydrogen-bond acceptors (Lipinski definition) is 3. The maximum atomic E-state index is 13.5. The molecule has 0 spiro atoms. The normalized spacial score (nSPS) is 11.1. The van der Waals surface area contributed by atoms with E-state index < -0.39 is 27.6 Å². The van der Waals surface area contributed by atoms with Crippen molar-refractivity contribution in [3.63, 3.8) is 0 Å². The Morgan fingerprint density at radius 3 is 2.43 bits per heavy atom. The number of sulfonamides is 1. The number of amides is 1. The van der Waals surface area contributed by atoms with Crippen molar-refractivity contribution in [1.29, 1.82) is 0 Å². The number of carbonyl (C=O) groups excluding carboxylic acids is 1. The molecule has 8 heteroatoms. The van der Waals surface area contributed by atoms with Gasteiger partial charge in [-0.15, -0.1) is 0 Å². The smallest absolute Gasteiger partial charge is 0.229 e. The van der Waals surface area contributed by atoms with Gasteiger partial charge < -0.3 is 5.32 Å². The lowest BCUT2D eigenvalue weighted by atomic mass is 10.1. The molecule has 2 N–H and O–H groups in total. The fourth-order valence-corrected chi connectivity index (χ4v) is 2.50. The molecule has 0 fully saturated rings. The third kappa shape index (κ3) is 5.03. The van der Waals surface area contributed by atoms with Crippen molar-refractivity contribution in [2.24, 2.45) is 0 Å². The molecule has 0 atom stereocenters. The molecule has 2 aromatic carbocycles. The topological polar surface area (TPSA) is 75.3 Å². The summed E-state index contributed by atoms with van der Waals surface area (Å²) in [5, 5.41) is 2.38. The number of benzene rings is 2. The third-order valence-corrected chi connectivity index (χ3v) is 3.45. The summed E-state index contributed by atoms with van der Waals surface area (Å²) in [5.41, 5.74) is 0.159. The fourth-order valence-electron chi connectivity index (χ4n) is 1.92. The number of nitrogens with one attached hydrogen (secondary N) is 2. The zero-order valence-corrected chi connectivity index (χ0v) is 13.0. The predicted octanol–water partition coefficient (Wildman–Crippen LogP) is 2.52. The maximum Gasteiger partial charge on any atom is 0.229 e. The summed E-state index contributed by atoms with van der Waals surface area (Å²) in [4.78, 5) is 12.0. The molecule has 0 saturated heterocycles. The quantitative estimate of drug-likeness (QED) is 0.878. The molecule has 0 bridgehead atoms. The van der Waals surface area contributed by atoms with Crippen molar-refractivity contribution in [3.05, 3.63) is 59.7 Å². The lowest BCUT2D eigenvalue weighted by molar-refractivity contribution is -0.115. The van der Waals surface area contributed by atoms with Gasteiger partial charge in [0.05, 0.1) is 24.1 Å². The van der Waals surface area contributed by atoms with Gasteiger partial charge in [0, 0.05) is 0 Å². The second kappa shape index (κ2) is 6.74. The molecule has 0 radical (unpaired) electrons. The van der Waals surface area contributed by atoms with Crippen LogP contribution in [0.4, 0.5) is 20.2 Å². The number of hydrogen-bond donors (Lipinski definition) is 2. The van der Waals surface area contributed by atoms with E-state index in [1.54, 1.807) is 6.07 Å². The molecule has 2 rings (SSSR count). The summed E-state index contributed by atoms with van der Waals surface area (Å²) in [7, 11) is -3.60. The maximum absolute atomic E-state index is 13.5. The van der Waals surface area contributed by atoms with Gasteiger partial charge in [0.1, 0.15) is 11.6 Å². The Kier molecular flexibility index (Phi) is 4.95. The Labute approximate surface area is 132 Å². The predicted molar refractivity (Wildman–Crippen MR) is 83.6 cm³/mol. The van der Waals surface area contributed by atoms with Gasteiger partial charge in [0.2, 0.25) is 15.9 Å². The molecule has 1 amide bonds. The van der Waals surface area contributed by atoms with Crippen LogP contribution in [0.5, 0.6) is 0 Å². The van der Waals surface area contributed by atoms with Gasteiger partial charge in [0.25, 0.3) is 0 Å². The van der Waals surface area contributed by atoms with Crippen LogP contribution in [0, 0.1) is 11.6 Å². The molecule has 0 aliphatic carbocycles. The summed E-state index contributed by atoms with van der Waals surface area (Å²) in [6.07, 6.45) is 0.669. The molecule has 0 unspecified atom stereocenters. The first kappa shape index (κ1) is 16.9. The van der Waals surface area contributed by atoms with Gasteiger partial charge >= 0.3 is 0 Å². The summed E-state index contributed by atoms with van der Waals surface area (Å²) in [6.45, 7) is 0. The summed E-state index contributed by atoms with van der Waals surface area (Å²) in [6, 6.07) is 8.99. The average molecular weight is 340 g/mol. The van der Waals surface area contributed by atoms with Crippen molar-refractivity contribution < 1.29 is 22.0 Å². The molecule has 122 valence electrons. The first-order chi connectivity index (χ1) is 10.7. The van der Waals surface area contributed by atoms with Crippen LogP contribution in [0.1, 0.15) is 5.56 Å². The highest BCUT2D eigenvalue weighted by molar-refractivity contribution is 7.92. The first-order valence-corrected chi connectivity index (χ1v) is 8.44. The van der Waals surface area contributed by atoms with Crippen molar-refractivity contribution in [2.75, 3.05) is 16.3 Å². The van der Waals surface area contributed by atoms with E-state index in [1.165, 1.54) is 24.3 Å². The van der Waals surface area contributed by atoms with E-state index in [4.69, 9.17) is 0 Å². The second-order valence-corrected chi connectivity index (χ2v) is 6.63. The summed E-state index contributed by atoms with van der Waals surface area (Å²) in [5.74, 6) is -1.78. The van der Waals surface area contributed by atoms with E-state index >= 15 is 0 Å². The van der Waals surface area contributed by atoms with Gasteiger partial charge in [-0.25, -0.2) is 17.2 Å². The zero-order chi connectivity index (χ0) is 17.0. The third-order valence-electron chi connectivity index (χ3n) is 2.86. The zero-order valence-electron chi connectivity index (χ0n) is 12.1. The summed E-state index contributed by atoms with van der Waals surface area (Å²) < 4.78 is 51.6. The molecule has 2 aromatic rings. The number of carbonyl (C=O) groups is 1. The molecule has 0 saturated carbocycles. The lowest BCUT2D eigenvalue weighted by Gasteiger charge is -2.12. The Bertz CT molecular complexity index is 838. The lowest BCUT2D eigenvalue weighted by Crippen LogP contribution is -2.18. The standard InChI is InChI=1S/C15H14F2N2O3S/c1-23(21,22)19-13-7-6-11(16)9-14(13)18-15(20)8-10-4-2-3-5-12(10)17/h2-7,9,19H,8H2,1H3,(H,18,20). The van der Waals surface area contributed by atoms with Crippen molar-refractivity contribution in [1.82, 2.24) is 0 Å². The van der Waals surface area contributed by atoms with E-state index in [0.29, 0.717) is 0 Å². The minimum absolute atomic E-state index is 0.0239. The van der Waals surface area contributed by atoms with Crippen LogP contribution in [0.25, 0.3) is 0 Å². The van der Waals surface area contributed by atoms with Crippen LogP contribution in [0.2, 0.25) is 0 Å². The van der Waals surface area contributed by atoms with Gasteiger partial charge in [-0.3, -0.25) is 9.52 Å². The molecular formula is C15H14F2N2O3S. The Balaban J connectivity index is 2.20. The van der Waals surface area contributed by atoms with Crippen LogP contribution >= 0.6 is 0 Å². The molecule has 0 aromatic heterocycles. The van der Waals surface area contributed by atoms with Gasteiger partial charge in [0.15, 0.2) is 0 Å². The molecule has 23 heavy (non-hydrogen) atoms. The minimum atomic E-state index is -3.60. The Hall–Kier alpha value is -2.48. The average Bonchev–Trinajstić information content (AvgIpc) is 2.43. The van der Waals surface area contributed by atoms with E-state index in [9.17, 15) is 22.0 Å². The summed E-state index contributed by atoms with van der Waals surface area (Å²) >= 11 is 0. The first-order valence-electron chi connectivity index (χ1n) is 6.55. The van der Waals surface area contributed by atoms with Crippen LogP contribution in [0.3, 0.4) is 0 Å². The van der Waals surface area contributed by atoms with Crippen molar-refractivity contribution in [3.8, 4) is 0 Å². The van der Waals surface area contributed by atoms with Crippen LogP contribution in [0.15, 0.2) is 42.5 Å². The molecule has 0 heterocycles. The van der Waals surface area contributed by atoms with Crippen LogP contribution in [-0.2, 0) is 21.2 Å². The van der Waals surface area contributed by atoms with E-state index in [2.05, 4.69) is 10.0 Å².